The minimum atomic E-state index is -5.89. The first-order chi connectivity index (χ1) is 9.94. The number of carboxylic acid groups (broad SMARTS) is 1. The normalized spacial score (nSPS) is 15.2. The van der Waals surface area contributed by atoms with Crippen molar-refractivity contribution in [3.8, 4) is 5.75 Å². The predicted molar refractivity (Wildman–Crippen MR) is 61.3 cm³/mol. The Hall–Kier alpha value is -1.94. The minimum absolute atomic E-state index is 0.0728. The van der Waals surface area contributed by atoms with Crippen LogP contribution in [0, 0.1) is 0 Å². The fourth-order valence-corrected chi connectivity index (χ4v) is 1.45. The lowest BCUT2D eigenvalue weighted by molar-refractivity contribution is -0.360. The molecule has 2 unspecified atom stereocenters. The van der Waals surface area contributed by atoms with E-state index in [0.29, 0.717) is 0 Å². The van der Waals surface area contributed by atoms with Gasteiger partial charge in [0.25, 0.3) is 0 Å². The molecule has 22 heavy (non-hydrogen) atoms. The van der Waals surface area contributed by atoms with Gasteiger partial charge in [0.05, 0.1) is 12.5 Å². The molecule has 3 N–H and O–H groups in total. The van der Waals surface area contributed by atoms with Gasteiger partial charge in [-0.05, 0) is 17.7 Å². The minimum Gasteiger partial charge on any atom is -0.481 e. The zero-order valence-electron chi connectivity index (χ0n) is 10.7. The number of aliphatic carboxylic acids is 1. The Bertz CT molecular complexity index is 514. The smallest absolute Gasteiger partial charge is 0.481 e. The van der Waals surface area contributed by atoms with Gasteiger partial charge in [0.1, 0.15) is 11.9 Å². The Morgan fingerprint density at radius 1 is 1.09 bits per heavy atom. The van der Waals surface area contributed by atoms with E-state index in [4.69, 9.17) is 5.11 Å². The largest absolute Gasteiger partial charge is 0.499 e. The van der Waals surface area contributed by atoms with Crippen LogP contribution in [0.3, 0.4) is 0 Å². The summed E-state index contributed by atoms with van der Waals surface area (Å²) in [6.07, 6.45) is -15.3. The first-order valence-corrected chi connectivity index (χ1v) is 5.75. The lowest BCUT2D eigenvalue weighted by Gasteiger charge is -2.21. The molecule has 0 heterocycles. The summed E-state index contributed by atoms with van der Waals surface area (Å²) in [5.41, 5.74) is -0.0728. The number of carbonyl (C=O) groups is 1. The van der Waals surface area contributed by atoms with Gasteiger partial charge >= 0.3 is 18.3 Å². The number of ether oxygens (including phenoxy) is 1. The Morgan fingerprint density at radius 2 is 1.59 bits per heavy atom. The van der Waals surface area contributed by atoms with Gasteiger partial charge in [-0.25, -0.2) is 0 Å². The number of alkyl halides is 5. The number of aliphatic hydroxyl groups is 2. The van der Waals surface area contributed by atoms with Crippen LogP contribution >= 0.6 is 0 Å². The first kappa shape index (κ1) is 18.1. The number of benzene rings is 1. The van der Waals surface area contributed by atoms with Crippen molar-refractivity contribution in [2.45, 2.75) is 30.9 Å². The lowest BCUT2D eigenvalue weighted by Crippen LogP contribution is -2.41. The van der Waals surface area contributed by atoms with Crippen LogP contribution in [0.5, 0.6) is 5.75 Å². The molecular formula is C12H11F5O5. The topological polar surface area (TPSA) is 87.0 Å². The van der Waals surface area contributed by atoms with Gasteiger partial charge in [-0.15, -0.1) is 0 Å². The maximum absolute atomic E-state index is 12.6. The van der Waals surface area contributed by atoms with E-state index in [2.05, 4.69) is 4.74 Å². The fourth-order valence-electron chi connectivity index (χ4n) is 1.45. The van der Waals surface area contributed by atoms with Crippen LogP contribution in [0.2, 0.25) is 0 Å². The molecule has 0 fully saturated rings. The molecule has 0 aliphatic carbocycles. The maximum Gasteiger partial charge on any atom is 0.499 e. The summed E-state index contributed by atoms with van der Waals surface area (Å²) in [5.74, 6) is -2.19. The van der Waals surface area contributed by atoms with E-state index in [9.17, 15) is 37.0 Å². The van der Waals surface area contributed by atoms with Gasteiger partial charge in [-0.1, -0.05) is 12.1 Å². The van der Waals surface area contributed by atoms with E-state index < -0.39 is 42.6 Å². The summed E-state index contributed by atoms with van der Waals surface area (Å²) >= 11 is 0. The maximum atomic E-state index is 12.6. The molecule has 1 aromatic carbocycles. The monoisotopic (exact) mass is 330 g/mol. The third kappa shape index (κ3) is 4.53. The van der Waals surface area contributed by atoms with E-state index in [-0.39, 0.29) is 5.56 Å². The summed E-state index contributed by atoms with van der Waals surface area (Å²) in [7, 11) is 0. The Balaban J connectivity index is 2.81. The number of rotatable bonds is 6. The molecule has 0 aliphatic rings. The molecular weight excluding hydrogens is 319 g/mol. The van der Waals surface area contributed by atoms with Crippen LogP contribution in [-0.2, 0) is 4.79 Å². The second-order valence-corrected chi connectivity index (χ2v) is 4.30. The van der Waals surface area contributed by atoms with Crippen LogP contribution in [0.4, 0.5) is 22.0 Å². The number of halogens is 5. The summed E-state index contributed by atoms with van der Waals surface area (Å²) in [6, 6.07) is 3.31. The van der Waals surface area contributed by atoms with Crippen LogP contribution in [0.25, 0.3) is 0 Å². The second kappa shape index (κ2) is 6.44. The van der Waals surface area contributed by atoms with Crippen molar-refractivity contribution in [2.24, 2.45) is 0 Å². The number of carboxylic acids is 1. The Morgan fingerprint density at radius 3 is 2.00 bits per heavy atom. The highest BCUT2D eigenvalue weighted by atomic mass is 19.4. The summed E-state index contributed by atoms with van der Waals surface area (Å²) in [4.78, 5) is 10.4. The van der Waals surface area contributed by atoms with E-state index in [1.165, 1.54) is 0 Å². The van der Waals surface area contributed by atoms with Gasteiger partial charge in [-0.2, -0.15) is 22.0 Å². The Kier molecular flexibility index (Phi) is 5.30. The standard InChI is InChI=1S/C12H11F5O5/c13-11(14,15)12(16,17)22-7-3-1-6(2-4-7)10(21)8(18)5-9(19)20/h1-4,8,10,18,21H,5H2,(H,19,20). The van der Waals surface area contributed by atoms with E-state index in [1.807, 2.05) is 0 Å². The predicted octanol–water partition coefficient (Wildman–Crippen LogP) is 2.09. The molecule has 0 amide bonds. The SMILES string of the molecule is O=C(O)CC(O)C(O)c1ccc(OC(F)(F)C(F)(F)F)cc1. The van der Waals surface area contributed by atoms with Gasteiger partial charge in [-0.3, -0.25) is 4.79 Å². The van der Waals surface area contributed by atoms with Crippen molar-refractivity contribution < 1.29 is 46.8 Å². The molecule has 1 aromatic rings. The van der Waals surface area contributed by atoms with E-state index in [0.717, 1.165) is 24.3 Å². The number of hydrogen-bond donors (Lipinski definition) is 3. The molecule has 1 rings (SSSR count). The van der Waals surface area contributed by atoms with Crippen molar-refractivity contribution in [1.82, 2.24) is 0 Å². The second-order valence-electron chi connectivity index (χ2n) is 4.30. The first-order valence-electron chi connectivity index (χ1n) is 5.75. The molecule has 124 valence electrons. The zero-order chi connectivity index (χ0) is 17.1. The summed E-state index contributed by atoms with van der Waals surface area (Å²) in [5, 5.41) is 27.4. The molecule has 0 radical (unpaired) electrons. The van der Waals surface area contributed by atoms with Crippen molar-refractivity contribution in [3.63, 3.8) is 0 Å². The number of aliphatic hydroxyl groups excluding tert-OH is 2. The molecule has 10 heteroatoms. The molecule has 5 nitrogen and oxygen atoms in total. The van der Waals surface area contributed by atoms with Crippen molar-refractivity contribution in [3.05, 3.63) is 29.8 Å². The lowest BCUT2D eigenvalue weighted by atomic mass is 10.0. The highest BCUT2D eigenvalue weighted by Gasteiger charge is 2.61. The van der Waals surface area contributed by atoms with E-state index in [1.54, 1.807) is 0 Å². The summed E-state index contributed by atoms with van der Waals surface area (Å²) in [6.45, 7) is 0. The highest BCUT2D eigenvalue weighted by molar-refractivity contribution is 5.67. The molecule has 0 aliphatic heterocycles. The molecule has 0 bridgehead atoms. The molecule has 0 saturated carbocycles. The van der Waals surface area contributed by atoms with Crippen LogP contribution in [0.15, 0.2) is 24.3 Å². The quantitative estimate of drug-likeness (QED) is 0.695. The van der Waals surface area contributed by atoms with Crippen LogP contribution < -0.4 is 4.74 Å². The molecule has 0 saturated heterocycles. The van der Waals surface area contributed by atoms with Gasteiger partial charge in [0.2, 0.25) is 0 Å². The van der Waals surface area contributed by atoms with Crippen LogP contribution in [0.1, 0.15) is 18.1 Å². The average molecular weight is 330 g/mol. The number of hydrogen-bond acceptors (Lipinski definition) is 4. The summed E-state index contributed by atoms with van der Waals surface area (Å²) < 4.78 is 64.7. The zero-order valence-corrected chi connectivity index (χ0v) is 10.7. The fraction of sp³-hybridized carbons (Fsp3) is 0.417. The average Bonchev–Trinajstić information content (AvgIpc) is 2.36. The van der Waals surface area contributed by atoms with Gasteiger partial charge < -0.3 is 20.1 Å². The van der Waals surface area contributed by atoms with Gasteiger partial charge in [0, 0.05) is 0 Å². The van der Waals surface area contributed by atoms with Crippen LogP contribution in [-0.4, -0.2) is 39.7 Å². The van der Waals surface area contributed by atoms with Crippen molar-refractivity contribution in [1.29, 1.82) is 0 Å². The molecule has 0 aromatic heterocycles. The Labute approximate surface area is 120 Å². The molecule has 2 atom stereocenters. The van der Waals surface area contributed by atoms with Gasteiger partial charge in [0.15, 0.2) is 0 Å². The van der Waals surface area contributed by atoms with E-state index >= 15 is 0 Å². The third-order valence-corrected chi connectivity index (χ3v) is 2.55. The van der Waals surface area contributed by atoms with Crippen molar-refractivity contribution in [2.75, 3.05) is 0 Å². The third-order valence-electron chi connectivity index (χ3n) is 2.55. The molecule has 0 spiro atoms. The highest BCUT2D eigenvalue weighted by Crippen LogP contribution is 2.37. The van der Waals surface area contributed by atoms with Crippen molar-refractivity contribution >= 4 is 5.97 Å².